The van der Waals surface area contributed by atoms with E-state index in [0.717, 1.165) is 36.4 Å². The van der Waals surface area contributed by atoms with Crippen molar-refractivity contribution in [3.63, 3.8) is 0 Å². The zero-order chi connectivity index (χ0) is 17.3. The summed E-state index contributed by atoms with van der Waals surface area (Å²) >= 11 is 1.82. The second-order valence-corrected chi connectivity index (χ2v) is 7.70. The van der Waals surface area contributed by atoms with Gasteiger partial charge in [-0.05, 0) is 43.7 Å². The van der Waals surface area contributed by atoms with Crippen LogP contribution in [0.4, 0.5) is 0 Å². The Kier molecular flexibility index (Phi) is 3.99. The molecule has 0 aliphatic carbocycles. The fourth-order valence-corrected chi connectivity index (χ4v) is 4.75. The first-order chi connectivity index (χ1) is 12.9. The molecule has 5 nitrogen and oxygen atoms in total. The summed E-state index contributed by atoms with van der Waals surface area (Å²) in [6.45, 7) is 1.90. The molecule has 1 aliphatic rings. The molecule has 3 heterocycles. The number of fused-ring (bicyclic) bond motifs is 1. The average Bonchev–Trinajstić information content (AvgIpc) is 3.41. The molecule has 0 radical (unpaired) electrons. The molecule has 2 aromatic heterocycles. The second-order valence-electron chi connectivity index (χ2n) is 6.64. The van der Waals surface area contributed by atoms with Crippen LogP contribution >= 0.6 is 11.3 Å². The Morgan fingerprint density at radius 2 is 1.88 bits per heavy atom. The van der Waals surface area contributed by atoms with Crippen LogP contribution in [0.2, 0.25) is 0 Å². The van der Waals surface area contributed by atoms with Crippen LogP contribution in [0.1, 0.15) is 29.6 Å². The molecule has 0 bridgehead atoms. The number of likely N-dealkylation sites (tertiary alicyclic amines) is 1. The van der Waals surface area contributed by atoms with Crippen molar-refractivity contribution in [2.75, 3.05) is 6.54 Å². The molecule has 2 aromatic carbocycles. The molecule has 1 saturated heterocycles. The van der Waals surface area contributed by atoms with E-state index in [2.05, 4.69) is 39.5 Å². The summed E-state index contributed by atoms with van der Waals surface area (Å²) in [6, 6.07) is 18.9. The molecule has 1 atom stereocenters. The third kappa shape index (κ3) is 2.91. The lowest BCUT2D eigenvalue weighted by atomic mass is 10.2. The standard InChI is InChI=1S/C20H19N5S/c1-2-7-16(8-3-1)25-14-15(22-23-25)13-24-12-6-10-18(24)20-21-17-9-4-5-11-19(17)26-20/h1-5,7-9,11,14,18H,6,10,12-13H2. The average molecular weight is 361 g/mol. The minimum absolute atomic E-state index is 0.384. The number of hydrogen-bond acceptors (Lipinski definition) is 5. The largest absolute Gasteiger partial charge is 0.288 e. The van der Waals surface area contributed by atoms with Crippen molar-refractivity contribution in [1.82, 2.24) is 24.9 Å². The first kappa shape index (κ1) is 15.7. The summed E-state index contributed by atoms with van der Waals surface area (Å²) in [5.41, 5.74) is 3.15. The second kappa shape index (κ2) is 6.63. The smallest absolute Gasteiger partial charge is 0.111 e. The van der Waals surface area contributed by atoms with Gasteiger partial charge in [-0.2, -0.15) is 0 Å². The summed E-state index contributed by atoms with van der Waals surface area (Å²) in [5, 5.41) is 9.89. The maximum Gasteiger partial charge on any atom is 0.111 e. The highest BCUT2D eigenvalue weighted by molar-refractivity contribution is 7.18. The van der Waals surface area contributed by atoms with Crippen LogP contribution < -0.4 is 0 Å². The molecule has 130 valence electrons. The SMILES string of the molecule is c1ccc(-n2cc(CN3CCCC3c3nc4ccccc4s3)nn2)cc1. The molecule has 0 spiro atoms. The highest BCUT2D eigenvalue weighted by Crippen LogP contribution is 2.37. The van der Waals surface area contributed by atoms with Gasteiger partial charge in [-0.3, -0.25) is 4.90 Å². The van der Waals surface area contributed by atoms with Crippen LogP contribution in [-0.2, 0) is 6.54 Å². The lowest BCUT2D eigenvalue weighted by molar-refractivity contribution is 0.245. The van der Waals surface area contributed by atoms with Gasteiger partial charge in [-0.25, -0.2) is 9.67 Å². The van der Waals surface area contributed by atoms with E-state index in [9.17, 15) is 0 Å². The summed E-state index contributed by atoms with van der Waals surface area (Å²) in [5.74, 6) is 0. The third-order valence-corrected chi connectivity index (χ3v) is 6.02. The Bertz CT molecular complexity index is 990. The van der Waals surface area contributed by atoms with E-state index in [0.29, 0.717) is 6.04 Å². The molecule has 0 saturated carbocycles. The number of para-hydroxylation sites is 2. The molecule has 1 aliphatic heterocycles. The van der Waals surface area contributed by atoms with E-state index < -0.39 is 0 Å². The minimum Gasteiger partial charge on any atom is -0.288 e. The number of rotatable bonds is 4. The lowest BCUT2D eigenvalue weighted by Crippen LogP contribution is -2.22. The van der Waals surface area contributed by atoms with Crippen LogP contribution in [0, 0.1) is 0 Å². The minimum atomic E-state index is 0.384. The highest BCUT2D eigenvalue weighted by Gasteiger charge is 2.29. The van der Waals surface area contributed by atoms with Crippen molar-refractivity contribution in [2.45, 2.75) is 25.4 Å². The zero-order valence-electron chi connectivity index (χ0n) is 14.3. The molecule has 5 rings (SSSR count). The van der Waals surface area contributed by atoms with Crippen LogP contribution in [0.15, 0.2) is 60.8 Å². The van der Waals surface area contributed by atoms with Crippen molar-refractivity contribution in [1.29, 1.82) is 0 Å². The van der Waals surface area contributed by atoms with E-state index >= 15 is 0 Å². The maximum absolute atomic E-state index is 4.87. The highest BCUT2D eigenvalue weighted by atomic mass is 32.1. The van der Waals surface area contributed by atoms with E-state index in [1.165, 1.54) is 16.1 Å². The normalized spacial score (nSPS) is 17.9. The van der Waals surface area contributed by atoms with Gasteiger partial charge in [0.25, 0.3) is 0 Å². The molecular weight excluding hydrogens is 342 g/mol. The van der Waals surface area contributed by atoms with E-state index in [1.54, 1.807) is 0 Å². The van der Waals surface area contributed by atoms with Gasteiger partial charge in [0.1, 0.15) is 5.01 Å². The van der Waals surface area contributed by atoms with Crippen LogP contribution in [0.25, 0.3) is 15.9 Å². The van der Waals surface area contributed by atoms with E-state index in [4.69, 9.17) is 4.98 Å². The summed E-state index contributed by atoms with van der Waals surface area (Å²) in [4.78, 5) is 7.36. The molecule has 0 N–H and O–H groups in total. The number of benzene rings is 2. The van der Waals surface area contributed by atoms with Crippen molar-refractivity contribution < 1.29 is 0 Å². The van der Waals surface area contributed by atoms with Crippen molar-refractivity contribution in [3.05, 3.63) is 71.5 Å². The van der Waals surface area contributed by atoms with E-state index in [-0.39, 0.29) is 0 Å². The monoisotopic (exact) mass is 361 g/mol. The molecular formula is C20H19N5S. The Labute approximate surface area is 155 Å². The number of thiazole rings is 1. The first-order valence-corrected chi connectivity index (χ1v) is 9.75. The predicted octanol–water partition coefficient (Wildman–Crippen LogP) is 4.21. The summed E-state index contributed by atoms with van der Waals surface area (Å²) < 4.78 is 3.11. The molecule has 1 unspecified atom stereocenters. The van der Waals surface area contributed by atoms with Crippen LogP contribution in [0.3, 0.4) is 0 Å². The van der Waals surface area contributed by atoms with Gasteiger partial charge in [0.05, 0.1) is 33.8 Å². The van der Waals surface area contributed by atoms with Gasteiger partial charge in [-0.15, -0.1) is 16.4 Å². The topological polar surface area (TPSA) is 46.8 Å². The lowest BCUT2D eigenvalue weighted by Gasteiger charge is -2.21. The Hall–Kier alpha value is -2.57. The Balaban J connectivity index is 1.37. The summed E-state index contributed by atoms with van der Waals surface area (Å²) in [7, 11) is 0. The quantitative estimate of drug-likeness (QED) is 0.546. The van der Waals surface area contributed by atoms with Crippen LogP contribution in [0.5, 0.6) is 0 Å². The number of nitrogens with zero attached hydrogens (tertiary/aromatic N) is 5. The maximum atomic E-state index is 4.87. The van der Waals surface area contributed by atoms with Gasteiger partial charge in [0.2, 0.25) is 0 Å². The molecule has 4 aromatic rings. The van der Waals surface area contributed by atoms with Crippen molar-refractivity contribution >= 4 is 21.6 Å². The zero-order valence-corrected chi connectivity index (χ0v) is 15.1. The van der Waals surface area contributed by atoms with Gasteiger partial charge < -0.3 is 0 Å². The van der Waals surface area contributed by atoms with Gasteiger partial charge >= 0.3 is 0 Å². The first-order valence-electron chi connectivity index (χ1n) is 8.93. The number of hydrogen-bond donors (Lipinski definition) is 0. The van der Waals surface area contributed by atoms with Crippen LogP contribution in [-0.4, -0.2) is 31.4 Å². The summed E-state index contributed by atoms with van der Waals surface area (Å²) in [6.07, 6.45) is 4.39. The molecule has 1 fully saturated rings. The van der Waals surface area contributed by atoms with Crippen molar-refractivity contribution in [3.8, 4) is 5.69 Å². The van der Waals surface area contributed by atoms with Crippen molar-refractivity contribution in [2.24, 2.45) is 0 Å². The molecule has 6 heteroatoms. The fourth-order valence-electron chi connectivity index (χ4n) is 3.61. The number of aromatic nitrogens is 4. The van der Waals surface area contributed by atoms with Gasteiger partial charge in [0.15, 0.2) is 0 Å². The Morgan fingerprint density at radius 1 is 1.04 bits per heavy atom. The van der Waals surface area contributed by atoms with Gasteiger partial charge in [0, 0.05) is 6.54 Å². The predicted molar refractivity (Wildman–Crippen MR) is 103 cm³/mol. The van der Waals surface area contributed by atoms with E-state index in [1.807, 2.05) is 52.5 Å². The fraction of sp³-hybridized carbons (Fsp3) is 0.250. The Morgan fingerprint density at radius 3 is 2.77 bits per heavy atom. The molecule has 26 heavy (non-hydrogen) atoms. The van der Waals surface area contributed by atoms with Gasteiger partial charge in [-0.1, -0.05) is 35.5 Å². The molecule has 0 amide bonds. The third-order valence-electron chi connectivity index (χ3n) is 4.89.